The van der Waals surface area contributed by atoms with Gasteiger partial charge in [0.25, 0.3) is 0 Å². The zero-order valence-electron chi connectivity index (χ0n) is 15.4. The van der Waals surface area contributed by atoms with Crippen molar-refractivity contribution in [3.8, 4) is 11.1 Å². The largest absolute Gasteiger partial charge is 0.384 e. The smallest absolute Gasteiger partial charge is 0.250 e. The molecule has 0 unspecified atom stereocenters. The van der Waals surface area contributed by atoms with Gasteiger partial charge in [0, 0.05) is 29.2 Å². The molecule has 0 bridgehead atoms. The Morgan fingerprint density at radius 3 is 2.63 bits per heavy atom. The fourth-order valence-electron chi connectivity index (χ4n) is 3.44. The molecule has 0 saturated heterocycles. The maximum atomic E-state index is 12.0. The van der Waals surface area contributed by atoms with E-state index in [1.807, 2.05) is 44.2 Å². The van der Waals surface area contributed by atoms with Crippen molar-refractivity contribution in [1.82, 2.24) is 10.1 Å². The fourth-order valence-corrected chi connectivity index (χ4v) is 3.44. The van der Waals surface area contributed by atoms with E-state index in [4.69, 9.17) is 4.52 Å². The van der Waals surface area contributed by atoms with Crippen molar-refractivity contribution in [1.29, 1.82) is 0 Å². The number of H-pyrrole nitrogens is 1. The summed E-state index contributed by atoms with van der Waals surface area (Å²) in [6, 6.07) is 17.9. The summed E-state index contributed by atoms with van der Waals surface area (Å²) in [5.41, 5.74) is 5.66. The highest BCUT2D eigenvalue weighted by Crippen LogP contribution is 2.31. The molecule has 4 aromatic rings. The van der Waals surface area contributed by atoms with Gasteiger partial charge in [0.2, 0.25) is 5.56 Å². The van der Waals surface area contributed by atoms with Crippen molar-refractivity contribution in [3.05, 3.63) is 82.0 Å². The van der Waals surface area contributed by atoms with Crippen molar-refractivity contribution >= 4 is 16.6 Å². The van der Waals surface area contributed by atoms with Crippen molar-refractivity contribution in [2.45, 2.75) is 20.3 Å². The lowest BCUT2D eigenvalue weighted by molar-refractivity contribution is 0.393. The quantitative estimate of drug-likeness (QED) is 0.552. The van der Waals surface area contributed by atoms with E-state index < -0.39 is 0 Å². The van der Waals surface area contributed by atoms with Crippen LogP contribution in [0.25, 0.3) is 22.0 Å². The van der Waals surface area contributed by atoms with Gasteiger partial charge in [0.1, 0.15) is 5.76 Å². The van der Waals surface area contributed by atoms with E-state index in [-0.39, 0.29) is 5.56 Å². The van der Waals surface area contributed by atoms with Crippen molar-refractivity contribution in [3.63, 3.8) is 0 Å². The summed E-state index contributed by atoms with van der Waals surface area (Å²) in [6.07, 6.45) is 0.888. The SMILES string of the molecule is Cc1noc(C)c1-c1ccc2[nH]c(=O)cc(NCCc3ccccc3)c2c1. The predicted octanol–water partition coefficient (Wildman–Crippen LogP) is 4.45. The number of hydrogen-bond acceptors (Lipinski definition) is 4. The summed E-state index contributed by atoms with van der Waals surface area (Å²) in [4.78, 5) is 14.9. The molecule has 0 spiro atoms. The van der Waals surface area contributed by atoms with E-state index in [9.17, 15) is 4.79 Å². The standard InChI is InChI=1S/C22H21N3O2/c1-14-22(15(2)27-25-14)17-8-9-19-18(12-17)20(13-21(26)24-19)23-11-10-16-6-4-3-5-7-16/h3-9,12-13H,10-11H2,1-2H3,(H2,23,24,26). The molecule has 0 aliphatic carbocycles. The molecule has 2 heterocycles. The third kappa shape index (κ3) is 3.49. The Labute approximate surface area is 157 Å². The Hall–Kier alpha value is -3.34. The minimum Gasteiger partial charge on any atom is -0.384 e. The zero-order valence-corrected chi connectivity index (χ0v) is 15.4. The highest BCUT2D eigenvalue weighted by molar-refractivity contribution is 5.94. The van der Waals surface area contributed by atoms with Gasteiger partial charge in [0.05, 0.1) is 11.2 Å². The lowest BCUT2D eigenvalue weighted by Gasteiger charge is -2.11. The third-order valence-electron chi connectivity index (χ3n) is 4.74. The molecule has 136 valence electrons. The number of rotatable bonds is 5. The first-order valence-corrected chi connectivity index (χ1v) is 9.00. The molecule has 4 rings (SSSR count). The molecule has 27 heavy (non-hydrogen) atoms. The fraction of sp³-hybridized carbons (Fsp3) is 0.182. The molecule has 5 heteroatoms. The molecule has 0 aliphatic rings. The molecule has 0 radical (unpaired) electrons. The Bertz CT molecular complexity index is 1120. The van der Waals surface area contributed by atoms with Gasteiger partial charge in [-0.15, -0.1) is 0 Å². The second-order valence-electron chi connectivity index (χ2n) is 6.67. The van der Waals surface area contributed by atoms with Crippen LogP contribution in [0.4, 0.5) is 5.69 Å². The maximum absolute atomic E-state index is 12.0. The minimum absolute atomic E-state index is 0.116. The van der Waals surface area contributed by atoms with Crippen LogP contribution >= 0.6 is 0 Å². The monoisotopic (exact) mass is 359 g/mol. The van der Waals surface area contributed by atoms with Crippen LogP contribution in [0.3, 0.4) is 0 Å². The normalized spacial score (nSPS) is 11.0. The number of nitrogens with one attached hydrogen (secondary N) is 2. The van der Waals surface area contributed by atoms with Gasteiger partial charge >= 0.3 is 0 Å². The second kappa shape index (κ2) is 7.11. The van der Waals surface area contributed by atoms with E-state index in [2.05, 4.69) is 33.7 Å². The van der Waals surface area contributed by atoms with Crippen LogP contribution < -0.4 is 10.9 Å². The first kappa shape index (κ1) is 17.1. The van der Waals surface area contributed by atoms with E-state index in [0.717, 1.165) is 52.1 Å². The number of aromatic amines is 1. The summed E-state index contributed by atoms with van der Waals surface area (Å²) < 4.78 is 5.30. The number of anilines is 1. The van der Waals surface area contributed by atoms with Crippen LogP contribution in [0, 0.1) is 13.8 Å². The average molecular weight is 359 g/mol. The number of aromatic nitrogens is 2. The highest BCUT2D eigenvalue weighted by atomic mass is 16.5. The topological polar surface area (TPSA) is 70.9 Å². The van der Waals surface area contributed by atoms with Crippen LogP contribution in [0.2, 0.25) is 0 Å². The summed E-state index contributed by atoms with van der Waals surface area (Å²) in [6.45, 7) is 4.59. The molecule has 2 N–H and O–H groups in total. The molecular weight excluding hydrogens is 338 g/mol. The first-order valence-electron chi connectivity index (χ1n) is 9.00. The third-order valence-corrected chi connectivity index (χ3v) is 4.74. The number of nitrogens with zero attached hydrogens (tertiary/aromatic N) is 1. The Morgan fingerprint density at radius 2 is 1.89 bits per heavy atom. The number of fused-ring (bicyclic) bond motifs is 1. The molecule has 2 aromatic heterocycles. The van der Waals surface area contributed by atoms with Gasteiger partial charge in [-0.2, -0.15) is 0 Å². The summed E-state index contributed by atoms with van der Waals surface area (Å²) in [5, 5.41) is 8.44. The second-order valence-corrected chi connectivity index (χ2v) is 6.67. The number of pyridine rings is 1. The molecule has 0 saturated carbocycles. The lowest BCUT2D eigenvalue weighted by Crippen LogP contribution is -2.11. The van der Waals surface area contributed by atoms with E-state index >= 15 is 0 Å². The zero-order chi connectivity index (χ0) is 18.8. The van der Waals surface area contributed by atoms with Crippen LogP contribution in [-0.2, 0) is 6.42 Å². The average Bonchev–Trinajstić information content (AvgIpc) is 3.00. The highest BCUT2D eigenvalue weighted by Gasteiger charge is 2.13. The summed E-state index contributed by atoms with van der Waals surface area (Å²) in [7, 11) is 0. The van der Waals surface area contributed by atoms with E-state index in [1.54, 1.807) is 6.07 Å². The number of hydrogen-bond donors (Lipinski definition) is 2. The maximum Gasteiger partial charge on any atom is 0.250 e. The van der Waals surface area contributed by atoms with Gasteiger partial charge < -0.3 is 14.8 Å². The Kier molecular flexibility index (Phi) is 4.50. The van der Waals surface area contributed by atoms with Crippen LogP contribution in [-0.4, -0.2) is 16.7 Å². The molecule has 5 nitrogen and oxygen atoms in total. The number of benzene rings is 2. The van der Waals surface area contributed by atoms with Crippen molar-refractivity contribution < 1.29 is 4.52 Å². The number of aryl methyl sites for hydroxylation is 2. The van der Waals surface area contributed by atoms with Crippen LogP contribution in [0.5, 0.6) is 0 Å². The Balaban J connectivity index is 1.68. The van der Waals surface area contributed by atoms with E-state index in [1.165, 1.54) is 5.56 Å². The van der Waals surface area contributed by atoms with Gasteiger partial charge in [-0.25, -0.2) is 0 Å². The van der Waals surface area contributed by atoms with Gasteiger partial charge in [-0.1, -0.05) is 41.6 Å². The van der Waals surface area contributed by atoms with E-state index in [0.29, 0.717) is 0 Å². The Morgan fingerprint density at radius 1 is 1.07 bits per heavy atom. The summed E-state index contributed by atoms with van der Waals surface area (Å²) in [5.74, 6) is 0.787. The molecule has 0 atom stereocenters. The van der Waals surface area contributed by atoms with Crippen molar-refractivity contribution in [2.75, 3.05) is 11.9 Å². The molecule has 0 fully saturated rings. The van der Waals surface area contributed by atoms with Crippen LogP contribution in [0.15, 0.2) is 63.9 Å². The summed E-state index contributed by atoms with van der Waals surface area (Å²) >= 11 is 0. The van der Waals surface area contributed by atoms with Gasteiger partial charge in [-0.05, 0) is 43.5 Å². The molecular formula is C22H21N3O2. The van der Waals surface area contributed by atoms with Gasteiger partial charge in [0.15, 0.2) is 0 Å². The molecule has 0 aliphatic heterocycles. The first-order chi connectivity index (χ1) is 13.1. The minimum atomic E-state index is -0.116. The molecule has 2 aromatic carbocycles. The molecule has 0 amide bonds. The van der Waals surface area contributed by atoms with Gasteiger partial charge in [-0.3, -0.25) is 4.79 Å². The predicted molar refractivity (Wildman–Crippen MR) is 108 cm³/mol. The van der Waals surface area contributed by atoms with Crippen molar-refractivity contribution in [2.24, 2.45) is 0 Å². The van der Waals surface area contributed by atoms with Crippen LogP contribution in [0.1, 0.15) is 17.0 Å². The lowest BCUT2D eigenvalue weighted by atomic mass is 10.0.